The van der Waals surface area contributed by atoms with Crippen molar-refractivity contribution in [1.82, 2.24) is 9.55 Å². The summed E-state index contributed by atoms with van der Waals surface area (Å²) >= 11 is 12.1. The van der Waals surface area contributed by atoms with Crippen molar-refractivity contribution in [3.8, 4) is 0 Å². The monoisotopic (exact) mass is 282 g/mol. The van der Waals surface area contributed by atoms with Crippen molar-refractivity contribution in [1.29, 1.82) is 0 Å². The second kappa shape index (κ2) is 4.75. The van der Waals surface area contributed by atoms with Gasteiger partial charge in [-0.05, 0) is 37.8 Å². The van der Waals surface area contributed by atoms with Gasteiger partial charge >= 0.3 is 0 Å². The summed E-state index contributed by atoms with van der Waals surface area (Å²) in [7, 11) is 0. The van der Waals surface area contributed by atoms with Crippen LogP contribution >= 0.6 is 23.2 Å². The van der Waals surface area contributed by atoms with Gasteiger partial charge in [-0.2, -0.15) is 0 Å². The van der Waals surface area contributed by atoms with Crippen molar-refractivity contribution in [2.45, 2.75) is 32.2 Å². The minimum atomic E-state index is 0.492. The van der Waals surface area contributed by atoms with E-state index < -0.39 is 0 Å². The van der Waals surface area contributed by atoms with E-state index in [1.165, 1.54) is 12.8 Å². The van der Waals surface area contributed by atoms with E-state index in [4.69, 9.17) is 23.2 Å². The van der Waals surface area contributed by atoms with Crippen LogP contribution in [0, 0.1) is 5.92 Å². The average molecular weight is 283 g/mol. The highest BCUT2D eigenvalue weighted by atomic mass is 35.5. The topological polar surface area (TPSA) is 17.8 Å². The number of para-hydroxylation sites is 1. The molecule has 1 atom stereocenters. The lowest BCUT2D eigenvalue weighted by Crippen LogP contribution is -2.11. The average Bonchev–Trinajstić information content (AvgIpc) is 3.12. The molecule has 1 heterocycles. The molecule has 0 amide bonds. The summed E-state index contributed by atoms with van der Waals surface area (Å²) in [6, 6.07) is 6.48. The van der Waals surface area contributed by atoms with Crippen LogP contribution in [0.5, 0.6) is 0 Å². The molecule has 18 heavy (non-hydrogen) atoms. The number of benzene rings is 1. The number of imidazole rings is 1. The number of hydrogen-bond acceptors (Lipinski definition) is 1. The number of aromatic nitrogens is 2. The number of aryl methyl sites for hydroxylation is 1. The largest absolute Gasteiger partial charge is 0.325 e. The van der Waals surface area contributed by atoms with Crippen molar-refractivity contribution in [2.24, 2.45) is 5.92 Å². The van der Waals surface area contributed by atoms with E-state index in [2.05, 4.69) is 22.5 Å². The van der Waals surface area contributed by atoms with Crippen LogP contribution in [0.4, 0.5) is 0 Å². The fraction of sp³-hybridized carbons (Fsp3) is 0.500. The first kappa shape index (κ1) is 12.3. The van der Waals surface area contributed by atoms with Gasteiger partial charge in [0.2, 0.25) is 0 Å². The van der Waals surface area contributed by atoms with Crippen LogP contribution in [0.3, 0.4) is 0 Å². The molecule has 0 aliphatic heterocycles. The molecule has 0 saturated heterocycles. The Hall–Kier alpha value is -0.730. The lowest BCUT2D eigenvalue weighted by Gasteiger charge is -2.16. The number of nitrogens with zero attached hydrogens (tertiary/aromatic N) is 2. The third-order valence-corrected chi connectivity index (χ3v) is 4.27. The van der Waals surface area contributed by atoms with Crippen LogP contribution in [-0.2, 0) is 6.42 Å². The van der Waals surface area contributed by atoms with Crippen LogP contribution in [0.1, 0.15) is 31.6 Å². The third-order valence-electron chi connectivity index (χ3n) is 3.77. The van der Waals surface area contributed by atoms with Crippen LogP contribution in [0.15, 0.2) is 18.2 Å². The zero-order valence-corrected chi connectivity index (χ0v) is 11.9. The zero-order chi connectivity index (χ0) is 12.7. The molecular formula is C14H16Cl2N2. The molecule has 2 aromatic rings. The molecule has 1 unspecified atom stereocenters. The number of hydrogen-bond donors (Lipinski definition) is 0. The standard InChI is InChI=1S/C14H16Cl2N2/c1-9(10-5-6-10)18-12-4-2-3-11(16)14(12)17-13(18)7-8-15/h2-4,9-10H,5-8H2,1H3. The molecule has 4 heteroatoms. The van der Waals surface area contributed by atoms with E-state index in [0.29, 0.717) is 11.9 Å². The van der Waals surface area contributed by atoms with Crippen molar-refractivity contribution in [3.05, 3.63) is 29.0 Å². The zero-order valence-electron chi connectivity index (χ0n) is 10.4. The van der Waals surface area contributed by atoms with Crippen molar-refractivity contribution in [2.75, 3.05) is 5.88 Å². The number of alkyl halides is 1. The molecule has 0 bridgehead atoms. The Balaban J connectivity index is 2.17. The van der Waals surface area contributed by atoms with Crippen LogP contribution in [0.25, 0.3) is 11.0 Å². The molecule has 1 fully saturated rings. The molecule has 1 saturated carbocycles. The Labute approximate surface area is 117 Å². The smallest absolute Gasteiger partial charge is 0.111 e. The Morgan fingerprint density at radius 1 is 1.44 bits per heavy atom. The van der Waals surface area contributed by atoms with Gasteiger partial charge in [-0.3, -0.25) is 0 Å². The molecule has 0 radical (unpaired) electrons. The summed E-state index contributed by atoms with van der Waals surface area (Å²) in [6.07, 6.45) is 3.44. The first-order chi connectivity index (χ1) is 8.72. The van der Waals surface area contributed by atoms with Crippen LogP contribution < -0.4 is 0 Å². The van der Waals surface area contributed by atoms with Gasteiger partial charge in [-0.15, -0.1) is 11.6 Å². The molecule has 2 nitrogen and oxygen atoms in total. The highest BCUT2D eigenvalue weighted by Crippen LogP contribution is 2.41. The first-order valence-corrected chi connectivity index (χ1v) is 7.35. The maximum atomic E-state index is 6.23. The first-order valence-electron chi connectivity index (χ1n) is 6.43. The molecule has 1 aliphatic carbocycles. The highest BCUT2D eigenvalue weighted by Gasteiger charge is 2.31. The van der Waals surface area contributed by atoms with Gasteiger partial charge in [-0.25, -0.2) is 4.98 Å². The quantitative estimate of drug-likeness (QED) is 0.758. The van der Waals surface area contributed by atoms with Gasteiger partial charge in [0, 0.05) is 18.3 Å². The fourth-order valence-electron chi connectivity index (χ4n) is 2.64. The van der Waals surface area contributed by atoms with E-state index in [0.717, 1.165) is 34.2 Å². The molecule has 1 aromatic carbocycles. The van der Waals surface area contributed by atoms with Gasteiger partial charge in [0.15, 0.2) is 0 Å². The summed E-state index contributed by atoms with van der Waals surface area (Å²) in [5.41, 5.74) is 2.05. The number of halogens is 2. The second-order valence-electron chi connectivity index (χ2n) is 5.02. The van der Waals surface area contributed by atoms with Gasteiger partial charge in [0.1, 0.15) is 11.3 Å². The molecule has 0 N–H and O–H groups in total. The van der Waals surface area contributed by atoms with Gasteiger partial charge in [0.25, 0.3) is 0 Å². The molecule has 3 rings (SSSR count). The third kappa shape index (κ3) is 2.02. The normalized spacial score (nSPS) is 17.3. The Morgan fingerprint density at radius 3 is 2.89 bits per heavy atom. The predicted octanol–water partition coefficient (Wildman–Crippen LogP) is 4.44. The summed E-state index contributed by atoms with van der Waals surface area (Å²) in [6.45, 7) is 2.28. The second-order valence-corrected chi connectivity index (χ2v) is 5.81. The Kier molecular flexibility index (Phi) is 3.25. The van der Waals surface area contributed by atoms with Crippen LogP contribution in [0.2, 0.25) is 5.02 Å². The van der Waals surface area contributed by atoms with Crippen molar-refractivity contribution >= 4 is 34.2 Å². The summed E-state index contributed by atoms with van der Waals surface area (Å²) in [5, 5.41) is 0.727. The number of rotatable bonds is 4. The van der Waals surface area contributed by atoms with Crippen LogP contribution in [-0.4, -0.2) is 15.4 Å². The van der Waals surface area contributed by atoms with Crippen molar-refractivity contribution in [3.63, 3.8) is 0 Å². The van der Waals surface area contributed by atoms with Gasteiger partial charge < -0.3 is 4.57 Å². The molecule has 96 valence electrons. The van der Waals surface area contributed by atoms with E-state index in [1.54, 1.807) is 0 Å². The Bertz CT molecular complexity index is 572. The fourth-order valence-corrected chi connectivity index (χ4v) is 3.02. The summed E-state index contributed by atoms with van der Waals surface area (Å²) in [4.78, 5) is 4.68. The maximum Gasteiger partial charge on any atom is 0.111 e. The highest BCUT2D eigenvalue weighted by molar-refractivity contribution is 6.34. The van der Waals surface area contributed by atoms with Crippen molar-refractivity contribution < 1.29 is 0 Å². The summed E-state index contributed by atoms with van der Waals surface area (Å²) < 4.78 is 2.33. The van der Waals surface area contributed by atoms with E-state index in [-0.39, 0.29) is 0 Å². The predicted molar refractivity (Wildman–Crippen MR) is 76.6 cm³/mol. The van der Waals surface area contributed by atoms with E-state index in [1.807, 2.05) is 12.1 Å². The molecule has 0 spiro atoms. The molecular weight excluding hydrogens is 267 g/mol. The van der Waals surface area contributed by atoms with E-state index in [9.17, 15) is 0 Å². The minimum absolute atomic E-state index is 0.492. The van der Waals surface area contributed by atoms with E-state index >= 15 is 0 Å². The Morgan fingerprint density at radius 2 is 2.22 bits per heavy atom. The molecule has 1 aliphatic rings. The van der Waals surface area contributed by atoms with Gasteiger partial charge in [-0.1, -0.05) is 17.7 Å². The number of fused-ring (bicyclic) bond motifs is 1. The van der Waals surface area contributed by atoms with Gasteiger partial charge in [0.05, 0.1) is 10.5 Å². The summed E-state index contributed by atoms with van der Waals surface area (Å²) in [5.74, 6) is 2.45. The molecule has 1 aromatic heterocycles. The lowest BCUT2D eigenvalue weighted by molar-refractivity contribution is 0.482. The lowest BCUT2D eigenvalue weighted by atomic mass is 10.2. The minimum Gasteiger partial charge on any atom is -0.325 e. The maximum absolute atomic E-state index is 6.23. The SMILES string of the molecule is CC(C1CC1)n1c(CCCl)nc2c(Cl)cccc21.